The summed E-state index contributed by atoms with van der Waals surface area (Å²) in [4.78, 5) is 2.27. The number of hydrogen-bond donors (Lipinski definition) is 2. The van der Waals surface area contributed by atoms with E-state index in [9.17, 15) is 0 Å². The zero-order chi connectivity index (χ0) is 13.0. The van der Waals surface area contributed by atoms with Gasteiger partial charge in [-0.05, 0) is 30.7 Å². The highest BCUT2D eigenvalue weighted by Gasteiger charge is 2.28. The normalized spacial score (nSPS) is 17.4. The predicted octanol–water partition coefficient (Wildman–Crippen LogP) is 1.69. The van der Waals surface area contributed by atoms with Crippen LogP contribution < -0.4 is 10.5 Å². The monoisotopic (exact) mass is 350 g/mol. The Morgan fingerprint density at radius 2 is 2.00 bits per heavy atom. The Morgan fingerprint density at radius 3 is 2.58 bits per heavy atom. The molecule has 4 nitrogen and oxygen atoms in total. The summed E-state index contributed by atoms with van der Waals surface area (Å²) >= 11 is 5.81. The van der Waals surface area contributed by atoms with E-state index in [1.165, 1.54) is 0 Å². The zero-order valence-corrected chi connectivity index (χ0v) is 13.1. The van der Waals surface area contributed by atoms with Crippen molar-refractivity contribution < 1.29 is 9.84 Å². The van der Waals surface area contributed by atoms with Crippen molar-refractivity contribution in [3.8, 4) is 5.75 Å². The quantitative estimate of drug-likeness (QED) is 0.819. The first-order valence-electron chi connectivity index (χ1n) is 6.18. The van der Waals surface area contributed by atoms with Crippen molar-refractivity contribution in [2.75, 3.05) is 26.2 Å². The van der Waals surface area contributed by atoms with Crippen LogP contribution in [-0.2, 0) is 0 Å². The number of halogens is 2. The lowest BCUT2D eigenvalue weighted by molar-refractivity contribution is 0.0174. The van der Waals surface area contributed by atoms with Crippen LogP contribution in [-0.4, -0.2) is 48.4 Å². The molecule has 1 aromatic rings. The molecule has 1 aromatic carbocycles. The molecule has 1 aliphatic heterocycles. The van der Waals surface area contributed by atoms with E-state index in [0.29, 0.717) is 0 Å². The van der Waals surface area contributed by atoms with Gasteiger partial charge in [-0.3, -0.25) is 4.90 Å². The van der Waals surface area contributed by atoms with Gasteiger partial charge in [0.2, 0.25) is 0 Å². The number of aliphatic hydroxyl groups excluding tert-OH is 1. The van der Waals surface area contributed by atoms with Crippen molar-refractivity contribution in [3.05, 3.63) is 29.3 Å². The zero-order valence-electron chi connectivity index (χ0n) is 10.7. The fourth-order valence-electron chi connectivity index (χ4n) is 1.92. The van der Waals surface area contributed by atoms with Crippen LogP contribution in [0, 0.1) is 0 Å². The number of nitrogens with two attached hydrogens (primary N) is 1. The Bertz CT molecular complexity index is 371. The van der Waals surface area contributed by atoms with Crippen molar-refractivity contribution in [1.82, 2.24) is 4.90 Å². The highest BCUT2D eigenvalue weighted by atomic mass is 79.9. The number of aliphatic hydroxyl groups is 1. The Labute approximate surface area is 129 Å². The first-order valence-corrected chi connectivity index (χ1v) is 6.56. The average molecular weight is 352 g/mol. The topological polar surface area (TPSA) is 58.7 Å². The number of benzene rings is 1. The average Bonchev–Trinajstić information content (AvgIpc) is 2.33. The fourth-order valence-corrected chi connectivity index (χ4v) is 2.05. The Hall–Kier alpha value is -0.330. The van der Waals surface area contributed by atoms with Gasteiger partial charge in [-0.2, -0.15) is 0 Å². The van der Waals surface area contributed by atoms with E-state index in [-0.39, 0.29) is 35.7 Å². The molecule has 0 bridgehead atoms. The summed E-state index contributed by atoms with van der Waals surface area (Å²) in [6, 6.07) is 7.31. The van der Waals surface area contributed by atoms with Gasteiger partial charge in [0.05, 0.1) is 6.61 Å². The fraction of sp³-hybridized carbons (Fsp3) is 0.538. The molecule has 1 fully saturated rings. The van der Waals surface area contributed by atoms with Gasteiger partial charge in [-0.1, -0.05) is 11.6 Å². The Morgan fingerprint density at radius 1 is 1.37 bits per heavy atom. The van der Waals surface area contributed by atoms with Gasteiger partial charge >= 0.3 is 0 Å². The van der Waals surface area contributed by atoms with Gasteiger partial charge in [-0.15, -0.1) is 17.0 Å². The second-order valence-electron chi connectivity index (χ2n) is 4.68. The van der Waals surface area contributed by atoms with Crippen LogP contribution in [0.2, 0.25) is 5.02 Å². The summed E-state index contributed by atoms with van der Waals surface area (Å²) in [6.07, 6.45) is 1.07. The summed E-state index contributed by atoms with van der Waals surface area (Å²) in [6.45, 7) is 2.81. The van der Waals surface area contributed by atoms with Gasteiger partial charge in [0.1, 0.15) is 11.9 Å². The molecule has 0 aromatic heterocycles. The van der Waals surface area contributed by atoms with Gasteiger partial charge in [0.15, 0.2) is 0 Å². The van der Waals surface area contributed by atoms with Crippen LogP contribution in [0.25, 0.3) is 0 Å². The van der Waals surface area contributed by atoms with E-state index in [4.69, 9.17) is 27.2 Å². The highest BCUT2D eigenvalue weighted by Crippen LogP contribution is 2.20. The van der Waals surface area contributed by atoms with Crippen LogP contribution in [0.4, 0.5) is 0 Å². The second kappa shape index (κ2) is 8.07. The summed E-state index contributed by atoms with van der Waals surface area (Å²) < 4.78 is 5.79. The van der Waals surface area contributed by atoms with Crippen LogP contribution in [0.15, 0.2) is 24.3 Å². The molecule has 6 heteroatoms. The Balaban J connectivity index is 0.00000180. The molecule has 1 aliphatic rings. The third-order valence-corrected chi connectivity index (χ3v) is 3.34. The number of ether oxygens (including phenoxy) is 1. The first-order chi connectivity index (χ1) is 8.67. The third-order valence-electron chi connectivity index (χ3n) is 3.09. The lowest BCUT2D eigenvalue weighted by Gasteiger charge is -2.39. The largest absolute Gasteiger partial charge is 0.488 e. The van der Waals surface area contributed by atoms with Gasteiger partial charge in [0, 0.05) is 30.7 Å². The smallest absolute Gasteiger partial charge is 0.124 e. The standard InChI is InChI=1S/C13H19ClN2O2.BrH/c14-10-1-3-12(4-2-10)18-13-7-16(8-13)6-5-11(15)9-17;/h1-4,11,13,17H,5-9,15H2;1H/t11-;/m0./s1. The van der Waals surface area contributed by atoms with Crippen molar-refractivity contribution in [2.45, 2.75) is 18.6 Å². The molecular weight excluding hydrogens is 332 g/mol. The summed E-state index contributed by atoms with van der Waals surface area (Å²) in [7, 11) is 0. The Kier molecular flexibility index (Phi) is 7.10. The SMILES string of the molecule is Br.N[C@H](CO)CCN1CC(Oc2ccc(Cl)cc2)C1. The molecule has 1 heterocycles. The second-order valence-corrected chi connectivity index (χ2v) is 5.12. The lowest BCUT2D eigenvalue weighted by Crippen LogP contribution is -2.54. The maximum absolute atomic E-state index is 8.83. The van der Waals surface area contributed by atoms with Crippen molar-refractivity contribution in [2.24, 2.45) is 5.73 Å². The first kappa shape index (κ1) is 16.7. The van der Waals surface area contributed by atoms with Crippen molar-refractivity contribution in [1.29, 1.82) is 0 Å². The van der Waals surface area contributed by atoms with Gasteiger partial charge < -0.3 is 15.6 Å². The molecule has 3 N–H and O–H groups in total. The van der Waals surface area contributed by atoms with E-state index in [1.807, 2.05) is 24.3 Å². The van der Waals surface area contributed by atoms with Crippen molar-refractivity contribution >= 4 is 28.6 Å². The van der Waals surface area contributed by atoms with E-state index < -0.39 is 0 Å². The maximum Gasteiger partial charge on any atom is 0.124 e. The number of hydrogen-bond acceptors (Lipinski definition) is 4. The molecule has 0 radical (unpaired) electrons. The van der Waals surface area contributed by atoms with E-state index in [1.54, 1.807) is 0 Å². The molecule has 0 spiro atoms. The van der Waals surface area contributed by atoms with E-state index >= 15 is 0 Å². The van der Waals surface area contributed by atoms with Crippen LogP contribution >= 0.6 is 28.6 Å². The molecular formula is C13H20BrClN2O2. The molecule has 0 amide bonds. The molecule has 1 saturated heterocycles. The molecule has 2 rings (SSSR count). The molecule has 19 heavy (non-hydrogen) atoms. The van der Waals surface area contributed by atoms with Crippen LogP contribution in [0.1, 0.15) is 6.42 Å². The highest BCUT2D eigenvalue weighted by molar-refractivity contribution is 8.93. The molecule has 0 saturated carbocycles. The predicted molar refractivity (Wildman–Crippen MR) is 82.3 cm³/mol. The number of rotatable bonds is 6. The molecule has 0 aliphatic carbocycles. The van der Waals surface area contributed by atoms with Gasteiger partial charge in [-0.25, -0.2) is 0 Å². The van der Waals surface area contributed by atoms with E-state index in [0.717, 1.165) is 36.8 Å². The number of likely N-dealkylation sites (tertiary alicyclic amines) is 1. The maximum atomic E-state index is 8.83. The minimum Gasteiger partial charge on any atom is -0.488 e. The molecule has 108 valence electrons. The summed E-state index contributed by atoms with van der Waals surface area (Å²) in [5.41, 5.74) is 5.65. The third kappa shape index (κ3) is 5.28. The molecule has 1 atom stereocenters. The van der Waals surface area contributed by atoms with Crippen molar-refractivity contribution in [3.63, 3.8) is 0 Å². The van der Waals surface area contributed by atoms with Gasteiger partial charge in [0.25, 0.3) is 0 Å². The minimum atomic E-state index is -0.110. The molecule has 0 unspecified atom stereocenters. The van der Waals surface area contributed by atoms with E-state index in [2.05, 4.69) is 4.90 Å². The van der Waals surface area contributed by atoms with Crippen LogP contribution in [0.5, 0.6) is 5.75 Å². The van der Waals surface area contributed by atoms with Crippen LogP contribution in [0.3, 0.4) is 0 Å². The summed E-state index contributed by atoms with van der Waals surface area (Å²) in [5, 5.41) is 9.55. The lowest BCUT2D eigenvalue weighted by atomic mass is 10.1. The summed E-state index contributed by atoms with van der Waals surface area (Å²) in [5.74, 6) is 0.858. The number of nitrogens with zero attached hydrogens (tertiary/aromatic N) is 1. The minimum absolute atomic E-state index is 0.